The summed E-state index contributed by atoms with van der Waals surface area (Å²) in [7, 11) is 0. The smallest absolute Gasteiger partial charge is 0.257 e. The van der Waals surface area contributed by atoms with Gasteiger partial charge in [0.25, 0.3) is 5.22 Å². The summed E-state index contributed by atoms with van der Waals surface area (Å²) in [6, 6.07) is 13.2. The van der Waals surface area contributed by atoms with Crippen molar-refractivity contribution in [2.75, 3.05) is 11.1 Å². The summed E-state index contributed by atoms with van der Waals surface area (Å²) in [4.78, 5) is 27.0. The van der Waals surface area contributed by atoms with E-state index in [-0.39, 0.29) is 17.2 Å². The quantitative estimate of drug-likeness (QED) is 0.719. The molecule has 0 aliphatic carbocycles. The molecule has 0 atom stereocenters. The minimum atomic E-state index is -1.29. The molecule has 3 rings (SSSR count). The zero-order valence-electron chi connectivity index (χ0n) is 11.8. The summed E-state index contributed by atoms with van der Waals surface area (Å²) < 4.78 is 5.51. The molecule has 1 amide bonds. The van der Waals surface area contributed by atoms with Gasteiger partial charge >= 0.3 is 0 Å². The van der Waals surface area contributed by atoms with Crippen LogP contribution >= 0.6 is 11.8 Å². The van der Waals surface area contributed by atoms with Crippen LogP contribution in [0, 0.1) is 0 Å². The zero-order chi connectivity index (χ0) is 16.2. The van der Waals surface area contributed by atoms with Gasteiger partial charge in [-0.05, 0) is 29.8 Å². The van der Waals surface area contributed by atoms with Crippen LogP contribution < -0.4 is 10.4 Å². The fourth-order valence-corrected chi connectivity index (χ4v) is 2.60. The Kier molecular flexibility index (Phi) is 4.29. The second-order valence-electron chi connectivity index (χ2n) is 4.65. The third-order valence-corrected chi connectivity index (χ3v) is 3.81. The number of fused-ring (bicyclic) bond motifs is 1. The Balaban J connectivity index is 1.61. The van der Waals surface area contributed by atoms with E-state index in [0.29, 0.717) is 16.5 Å². The van der Waals surface area contributed by atoms with E-state index < -0.39 is 5.97 Å². The standard InChI is InChI=1S/C16H12N2O4S/c19-14(17-11-5-3-4-10(8-11)15(20)21)9-23-16-18-12-6-1-2-7-13(12)22-16/h1-8H,9H2,(H,17,19)(H,20,21)/p-1. The molecule has 116 valence electrons. The molecule has 0 radical (unpaired) electrons. The zero-order valence-corrected chi connectivity index (χ0v) is 12.6. The molecule has 0 fully saturated rings. The molecule has 0 bridgehead atoms. The molecule has 0 spiro atoms. The number of hydrogen-bond donors (Lipinski definition) is 1. The van der Waals surface area contributed by atoms with Crippen LogP contribution in [0.2, 0.25) is 0 Å². The summed E-state index contributed by atoms with van der Waals surface area (Å²) >= 11 is 1.17. The van der Waals surface area contributed by atoms with Crippen molar-refractivity contribution in [3.63, 3.8) is 0 Å². The summed E-state index contributed by atoms with van der Waals surface area (Å²) in [6.07, 6.45) is 0. The molecule has 0 aliphatic heterocycles. The van der Waals surface area contributed by atoms with Crippen molar-refractivity contribution in [1.29, 1.82) is 0 Å². The first-order valence-corrected chi connectivity index (χ1v) is 7.70. The van der Waals surface area contributed by atoms with Crippen molar-refractivity contribution in [2.45, 2.75) is 5.22 Å². The maximum atomic E-state index is 11.9. The number of carboxylic acids is 1. The van der Waals surface area contributed by atoms with E-state index in [1.54, 1.807) is 12.1 Å². The maximum Gasteiger partial charge on any atom is 0.257 e. The predicted molar refractivity (Wildman–Crippen MR) is 84.1 cm³/mol. The lowest BCUT2D eigenvalue weighted by Gasteiger charge is -2.07. The number of nitrogens with zero attached hydrogens (tertiary/aromatic N) is 1. The van der Waals surface area contributed by atoms with Gasteiger partial charge in [-0.3, -0.25) is 4.79 Å². The number of carboxylic acid groups (broad SMARTS) is 1. The molecule has 2 aromatic carbocycles. The second-order valence-corrected chi connectivity index (χ2v) is 5.58. The van der Waals surface area contributed by atoms with Crippen LogP contribution in [0.25, 0.3) is 11.1 Å². The van der Waals surface area contributed by atoms with Crippen LogP contribution in [0.15, 0.2) is 58.2 Å². The monoisotopic (exact) mass is 327 g/mol. The molecule has 3 aromatic rings. The molecule has 0 saturated heterocycles. The van der Waals surface area contributed by atoms with Crippen LogP contribution in [0.3, 0.4) is 0 Å². The number of para-hydroxylation sites is 2. The average molecular weight is 327 g/mol. The highest BCUT2D eigenvalue weighted by atomic mass is 32.2. The van der Waals surface area contributed by atoms with Crippen molar-refractivity contribution in [1.82, 2.24) is 4.98 Å². The fourth-order valence-electron chi connectivity index (χ4n) is 1.96. The number of oxazole rings is 1. The Hall–Kier alpha value is -2.80. The normalized spacial score (nSPS) is 10.6. The third-order valence-electron chi connectivity index (χ3n) is 2.98. The lowest BCUT2D eigenvalue weighted by atomic mass is 10.2. The number of aromatic carboxylic acids is 1. The van der Waals surface area contributed by atoms with E-state index in [9.17, 15) is 14.7 Å². The fraction of sp³-hybridized carbons (Fsp3) is 0.0625. The molecule has 7 heteroatoms. The Morgan fingerprint density at radius 2 is 2.00 bits per heavy atom. The predicted octanol–water partition coefficient (Wildman–Crippen LogP) is 1.92. The number of thioether (sulfide) groups is 1. The van der Waals surface area contributed by atoms with Crippen molar-refractivity contribution < 1.29 is 19.1 Å². The Labute approximate surface area is 135 Å². The second kappa shape index (κ2) is 6.53. The number of benzene rings is 2. The highest BCUT2D eigenvalue weighted by Gasteiger charge is 2.09. The van der Waals surface area contributed by atoms with E-state index >= 15 is 0 Å². The average Bonchev–Trinajstić information content (AvgIpc) is 2.96. The molecule has 1 N–H and O–H groups in total. The van der Waals surface area contributed by atoms with Crippen LogP contribution in [0.1, 0.15) is 10.4 Å². The topological polar surface area (TPSA) is 95.3 Å². The first kappa shape index (κ1) is 15.1. The summed E-state index contributed by atoms with van der Waals surface area (Å²) in [5, 5.41) is 13.8. The van der Waals surface area contributed by atoms with Crippen LogP contribution in [0.5, 0.6) is 0 Å². The van der Waals surface area contributed by atoms with Gasteiger partial charge in [-0.2, -0.15) is 0 Å². The molecule has 0 saturated carbocycles. The molecule has 1 aromatic heterocycles. The minimum absolute atomic E-state index is 0.00871. The molecule has 0 unspecified atom stereocenters. The molecular formula is C16H11N2O4S-. The van der Waals surface area contributed by atoms with E-state index in [2.05, 4.69) is 10.3 Å². The number of anilines is 1. The van der Waals surface area contributed by atoms with Gasteiger partial charge in [0.15, 0.2) is 5.58 Å². The van der Waals surface area contributed by atoms with E-state index in [1.165, 1.54) is 30.0 Å². The largest absolute Gasteiger partial charge is 0.545 e. The van der Waals surface area contributed by atoms with Crippen molar-refractivity contribution in [2.24, 2.45) is 0 Å². The maximum absolute atomic E-state index is 11.9. The molecule has 6 nitrogen and oxygen atoms in total. The minimum Gasteiger partial charge on any atom is -0.545 e. The Morgan fingerprint density at radius 3 is 2.78 bits per heavy atom. The Morgan fingerprint density at radius 1 is 1.17 bits per heavy atom. The number of nitrogens with one attached hydrogen (secondary N) is 1. The number of carbonyl (C=O) groups is 2. The summed E-state index contributed by atoms with van der Waals surface area (Å²) in [6.45, 7) is 0. The number of carbonyl (C=O) groups excluding carboxylic acids is 2. The lowest BCUT2D eigenvalue weighted by Crippen LogP contribution is -2.22. The van der Waals surface area contributed by atoms with Gasteiger partial charge in [-0.15, -0.1) is 0 Å². The third kappa shape index (κ3) is 3.70. The van der Waals surface area contributed by atoms with Crippen LogP contribution in [0.4, 0.5) is 5.69 Å². The van der Waals surface area contributed by atoms with Gasteiger partial charge in [-0.25, -0.2) is 4.98 Å². The van der Waals surface area contributed by atoms with Gasteiger partial charge in [0.1, 0.15) is 5.52 Å². The van der Waals surface area contributed by atoms with Gasteiger partial charge in [0.05, 0.1) is 11.7 Å². The van der Waals surface area contributed by atoms with Crippen LogP contribution in [-0.4, -0.2) is 22.6 Å². The number of aromatic nitrogens is 1. The highest BCUT2D eigenvalue weighted by Crippen LogP contribution is 2.23. The Bertz CT molecular complexity index is 842. The summed E-state index contributed by atoms with van der Waals surface area (Å²) in [5.74, 6) is -1.47. The van der Waals surface area contributed by atoms with Gasteiger partial charge in [-0.1, -0.05) is 36.0 Å². The van der Waals surface area contributed by atoms with Gasteiger partial charge in [0, 0.05) is 5.69 Å². The number of hydrogen-bond acceptors (Lipinski definition) is 6. The van der Waals surface area contributed by atoms with Crippen molar-refractivity contribution in [3.8, 4) is 0 Å². The summed E-state index contributed by atoms with van der Waals surface area (Å²) in [5.41, 5.74) is 1.80. The van der Waals surface area contributed by atoms with Crippen molar-refractivity contribution >= 4 is 40.4 Å². The van der Waals surface area contributed by atoms with E-state index in [0.717, 1.165) is 5.52 Å². The van der Waals surface area contributed by atoms with E-state index in [1.807, 2.05) is 18.2 Å². The number of rotatable bonds is 5. The van der Waals surface area contributed by atoms with E-state index in [4.69, 9.17) is 4.42 Å². The van der Waals surface area contributed by atoms with Gasteiger partial charge in [0.2, 0.25) is 5.91 Å². The van der Waals surface area contributed by atoms with Gasteiger partial charge < -0.3 is 19.6 Å². The van der Waals surface area contributed by atoms with Crippen LogP contribution in [-0.2, 0) is 4.79 Å². The first-order valence-electron chi connectivity index (χ1n) is 6.71. The lowest BCUT2D eigenvalue weighted by molar-refractivity contribution is -0.255. The molecular weight excluding hydrogens is 316 g/mol. The SMILES string of the molecule is O=C(CSc1nc2ccccc2o1)Nc1cccc(C(=O)[O-])c1. The first-order chi connectivity index (χ1) is 11.1. The molecule has 1 heterocycles. The highest BCUT2D eigenvalue weighted by molar-refractivity contribution is 7.99. The molecule has 0 aliphatic rings. The van der Waals surface area contributed by atoms with Crippen molar-refractivity contribution in [3.05, 3.63) is 54.1 Å². The number of amides is 1. The molecule has 23 heavy (non-hydrogen) atoms.